The van der Waals surface area contributed by atoms with Crippen molar-refractivity contribution in [1.82, 2.24) is 0 Å². The lowest BCUT2D eigenvalue weighted by molar-refractivity contribution is -0.137. The molecular weight excluding hydrogens is 347 g/mol. The molecule has 5 heteroatoms. The molecule has 2 aliphatic rings. The standard InChI is InChI=1S/C18H32Cl2O2Si/c1-7-8-9-14(22-23(5,6)17(2,3)4)12-10-11-13-15(12)16(21)18(13,19)20/h12-15H,7-11H2,1-6H3. The summed E-state index contributed by atoms with van der Waals surface area (Å²) in [4.78, 5) is 12.4. The number of carbonyl (C=O) groups excluding carboxylic acids is 1. The Labute approximate surface area is 152 Å². The van der Waals surface area contributed by atoms with Gasteiger partial charge in [-0.3, -0.25) is 4.79 Å². The number of hydrogen-bond donors (Lipinski definition) is 0. The van der Waals surface area contributed by atoms with Crippen molar-refractivity contribution >= 4 is 37.3 Å². The maximum atomic E-state index is 12.4. The highest BCUT2D eigenvalue weighted by atomic mass is 35.5. The molecule has 0 aromatic carbocycles. The molecule has 0 aromatic heterocycles. The SMILES string of the molecule is CCCCC(O[Si](C)(C)C(C)(C)C)C1CCC2C1C(=O)C2(Cl)Cl. The van der Waals surface area contributed by atoms with E-state index in [2.05, 4.69) is 40.8 Å². The fourth-order valence-electron chi connectivity index (χ4n) is 3.86. The monoisotopic (exact) mass is 378 g/mol. The van der Waals surface area contributed by atoms with Crippen LogP contribution in [-0.4, -0.2) is 24.5 Å². The smallest absolute Gasteiger partial charge is 0.192 e. The number of rotatable bonds is 6. The predicted molar refractivity (Wildman–Crippen MR) is 101 cm³/mol. The summed E-state index contributed by atoms with van der Waals surface area (Å²) in [5, 5.41) is 0.182. The molecular formula is C18H32Cl2O2Si. The van der Waals surface area contributed by atoms with Crippen LogP contribution in [0.4, 0.5) is 0 Å². The van der Waals surface area contributed by atoms with Crippen molar-refractivity contribution in [2.24, 2.45) is 17.8 Å². The van der Waals surface area contributed by atoms with Gasteiger partial charge in [-0.05, 0) is 43.3 Å². The number of carbonyl (C=O) groups is 1. The first-order chi connectivity index (χ1) is 10.4. The highest BCUT2D eigenvalue weighted by Gasteiger charge is 2.66. The van der Waals surface area contributed by atoms with E-state index in [-0.39, 0.29) is 28.8 Å². The number of alkyl halides is 2. The van der Waals surface area contributed by atoms with Gasteiger partial charge >= 0.3 is 0 Å². The molecule has 0 amide bonds. The van der Waals surface area contributed by atoms with Gasteiger partial charge in [0, 0.05) is 17.9 Å². The molecule has 23 heavy (non-hydrogen) atoms. The highest BCUT2D eigenvalue weighted by molar-refractivity contribution is 6.74. The van der Waals surface area contributed by atoms with Gasteiger partial charge in [-0.25, -0.2) is 0 Å². The average Bonchev–Trinajstić information content (AvgIpc) is 2.84. The van der Waals surface area contributed by atoms with Gasteiger partial charge in [0.1, 0.15) is 0 Å². The fraction of sp³-hybridized carbons (Fsp3) is 0.944. The van der Waals surface area contributed by atoms with Crippen LogP contribution < -0.4 is 0 Å². The number of unbranched alkanes of at least 4 members (excludes halogenated alkanes) is 1. The zero-order valence-electron chi connectivity index (χ0n) is 15.4. The molecule has 0 radical (unpaired) electrons. The average molecular weight is 379 g/mol. The predicted octanol–water partition coefficient (Wildman–Crippen LogP) is 5.97. The third kappa shape index (κ3) is 3.54. The Bertz CT molecular complexity index is 456. The molecule has 0 bridgehead atoms. The normalized spacial score (nSPS) is 31.7. The molecule has 2 saturated carbocycles. The van der Waals surface area contributed by atoms with E-state index in [1.807, 2.05) is 0 Å². The fourth-order valence-corrected chi connectivity index (χ4v) is 6.00. The Morgan fingerprint density at radius 3 is 2.43 bits per heavy atom. The summed E-state index contributed by atoms with van der Waals surface area (Å²) >= 11 is 12.4. The van der Waals surface area contributed by atoms with Gasteiger partial charge < -0.3 is 4.43 Å². The third-order valence-corrected chi connectivity index (χ3v) is 11.8. The third-order valence-electron chi connectivity index (χ3n) is 6.37. The van der Waals surface area contributed by atoms with Crippen LogP contribution in [-0.2, 0) is 9.22 Å². The number of ketones is 1. The summed E-state index contributed by atoms with van der Waals surface area (Å²) in [6.07, 6.45) is 5.50. The topological polar surface area (TPSA) is 26.3 Å². The van der Waals surface area contributed by atoms with Gasteiger partial charge in [0.25, 0.3) is 0 Å². The van der Waals surface area contributed by atoms with Crippen molar-refractivity contribution in [3.05, 3.63) is 0 Å². The van der Waals surface area contributed by atoms with E-state index in [0.29, 0.717) is 5.92 Å². The van der Waals surface area contributed by atoms with E-state index in [9.17, 15) is 4.79 Å². The van der Waals surface area contributed by atoms with Gasteiger partial charge in [-0.2, -0.15) is 0 Å². The maximum absolute atomic E-state index is 12.4. The second-order valence-corrected chi connectivity index (χ2v) is 15.1. The molecule has 2 nitrogen and oxygen atoms in total. The van der Waals surface area contributed by atoms with E-state index < -0.39 is 12.7 Å². The first-order valence-electron chi connectivity index (χ1n) is 9.03. The van der Waals surface area contributed by atoms with Crippen molar-refractivity contribution in [3.63, 3.8) is 0 Å². The van der Waals surface area contributed by atoms with Gasteiger partial charge in [0.05, 0.1) is 0 Å². The summed E-state index contributed by atoms with van der Waals surface area (Å²) in [7, 11) is -1.85. The van der Waals surface area contributed by atoms with E-state index in [1.165, 1.54) is 0 Å². The number of Topliss-reactive ketones (excluding diaryl/α,β-unsaturated/α-hetero) is 1. The van der Waals surface area contributed by atoms with E-state index in [4.69, 9.17) is 27.6 Å². The molecule has 0 aliphatic heterocycles. The summed E-state index contributed by atoms with van der Waals surface area (Å²) in [5.41, 5.74) is 0. The molecule has 0 aromatic rings. The first kappa shape index (κ1) is 19.7. The van der Waals surface area contributed by atoms with Crippen molar-refractivity contribution < 1.29 is 9.22 Å². The van der Waals surface area contributed by atoms with Gasteiger partial charge in [0.2, 0.25) is 0 Å². The number of fused-ring (bicyclic) bond motifs is 1. The Balaban J connectivity index is 2.15. The summed E-state index contributed by atoms with van der Waals surface area (Å²) in [6.45, 7) is 13.6. The van der Waals surface area contributed by atoms with E-state index >= 15 is 0 Å². The number of halogens is 2. The summed E-state index contributed by atoms with van der Waals surface area (Å²) in [5.74, 6) is 0.500. The molecule has 2 fully saturated rings. The maximum Gasteiger partial charge on any atom is 0.192 e. The summed E-state index contributed by atoms with van der Waals surface area (Å²) in [6, 6.07) is 0. The molecule has 0 saturated heterocycles. The molecule has 2 rings (SSSR count). The van der Waals surface area contributed by atoms with Crippen LogP contribution in [0.25, 0.3) is 0 Å². The summed E-state index contributed by atoms with van der Waals surface area (Å²) < 4.78 is 5.62. The highest BCUT2D eigenvalue weighted by Crippen LogP contribution is 2.60. The van der Waals surface area contributed by atoms with Crippen LogP contribution >= 0.6 is 23.2 Å². The van der Waals surface area contributed by atoms with Crippen molar-refractivity contribution in [3.8, 4) is 0 Å². The van der Waals surface area contributed by atoms with Gasteiger partial charge in [0.15, 0.2) is 18.4 Å². The van der Waals surface area contributed by atoms with Crippen molar-refractivity contribution in [1.29, 1.82) is 0 Å². The van der Waals surface area contributed by atoms with Crippen LogP contribution in [0.3, 0.4) is 0 Å². The first-order valence-corrected chi connectivity index (χ1v) is 12.7. The zero-order valence-corrected chi connectivity index (χ0v) is 17.9. The van der Waals surface area contributed by atoms with Crippen LogP contribution in [0, 0.1) is 17.8 Å². The minimum absolute atomic E-state index is 0.0247. The second-order valence-electron chi connectivity index (χ2n) is 8.92. The molecule has 0 N–H and O–H groups in total. The molecule has 0 heterocycles. The lowest BCUT2D eigenvalue weighted by Gasteiger charge is -2.47. The Morgan fingerprint density at radius 1 is 1.30 bits per heavy atom. The zero-order chi connectivity index (χ0) is 17.6. The van der Waals surface area contributed by atoms with Crippen molar-refractivity contribution in [2.75, 3.05) is 0 Å². The van der Waals surface area contributed by atoms with Crippen LogP contribution in [0.15, 0.2) is 0 Å². The Hall–Kier alpha value is 0.427. The lowest BCUT2D eigenvalue weighted by Crippen LogP contribution is -2.57. The minimum atomic E-state index is -1.85. The number of hydrogen-bond acceptors (Lipinski definition) is 2. The van der Waals surface area contributed by atoms with Crippen LogP contribution in [0.2, 0.25) is 18.1 Å². The Kier molecular flexibility index (Phi) is 5.69. The molecule has 134 valence electrons. The lowest BCUT2D eigenvalue weighted by atomic mass is 9.68. The molecule has 0 spiro atoms. The van der Waals surface area contributed by atoms with E-state index in [1.54, 1.807) is 0 Å². The largest absolute Gasteiger partial charge is 0.414 e. The molecule has 2 aliphatic carbocycles. The Morgan fingerprint density at radius 2 is 1.91 bits per heavy atom. The van der Waals surface area contributed by atoms with Gasteiger partial charge in [-0.1, -0.05) is 63.7 Å². The second kappa shape index (κ2) is 6.62. The van der Waals surface area contributed by atoms with Crippen LogP contribution in [0.5, 0.6) is 0 Å². The quantitative estimate of drug-likeness (QED) is 0.420. The molecule has 4 unspecified atom stereocenters. The van der Waals surface area contributed by atoms with Gasteiger partial charge in [-0.15, -0.1) is 0 Å². The van der Waals surface area contributed by atoms with Crippen molar-refractivity contribution in [2.45, 2.75) is 88.4 Å². The minimum Gasteiger partial charge on any atom is -0.414 e. The van der Waals surface area contributed by atoms with Crippen LogP contribution in [0.1, 0.15) is 59.8 Å². The van der Waals surface area contributed by atoms with E-state index in [0.717, 1.165) is 32.1 Å². The molecule has 4 atom stereocenters.